The zero-order valence-electron chi connectivity index (χ0n) is 31.9. The van der Waals surface area contributed by atoms with Gasteiger partial charge < -0.3 is 20.5 Å². The lowest BCUT2D eigenvalue weighted by Gasteiger charge is -2.72. The van der Waals surface area contributed by atoms with Crippen LogP contribution in [-0.2, 0) is 19.1 Å². The first-order chi connectivity index (χ1) is 21.8. The summed E-state index contributed by atoms with van der Waals surface area (Å²) in [5.41, 5.74) is -0.135. The van der Waals surface area contributed by atoms with Gasteiger partial charge in [0.05, 0.1) is 17.4 Å². The van der Waals surface area contributed by atoms with E-state index in [2.05, 4.69) is 59.1 Å². The van der Waals surface area contributed by atoms with Crippen molar-refractivity contribution < 1.29 is 29.0 Å². The van der Waals surface area contributed by atoms with Gasteiger partial charge in [0.2, 0.25) is 0 Å². The number of allylic oxidation sites excluding steroid dienone is 1. The number of aliphatic carboxylic acids is 1. The van der Waals surface area contributed by atoms with Crippen molar-refractivity contribution in [3.05, 3.63) is 11.1 Å². The van der Waals surface area contributed by atoms with Crippen LogP contribution in [0, 0.1) is 50.7 Å². The van der Waals surface area contributed by atoms with Gasteiger partial charge in [-0.25, -0.2) is 4.79 Å². The van der Waals surface area contributed by atoms with Crippen molar-refractivity contribution in [3.63, 3.8) is 0 Å². The molecule has 0 radical (unpaired) electrons. The Balaban J connectivity index is 1.45. The molecule has 270 valence electrons. The number of carboxylic acid groups (broad SMARTS) is 1. The van der Waals surface area contributed by atoms with Gasteiger partial charge in [-0.05, 0) is 137 Å². The molecule has 4 saturated carbocycles. The first-order valence-electron chi connectivity index (χ1n) is 18.7. The smallest absolute Gasteiger partial charge is 0.315 e. The fourth-order valence-electron chi connectivity index (χ4n) is 12.2. The van der Waals surface area contributed by atoms with E-state index in [0.717, 1.165) is 56.9 Å². The van der Waals surface area contributed by atoms with E-state index in [-0.39, 0.29) is 63.4 Å². The van der Waals surface area contributed by atoms with Gasteiger partial charge in [0.1, 0.15) is 6.10 Å². The van der Waals surface area contributed by atoms with Crippen molar-refractivity contribution in [2.45, 2.75) is 164 Å². The highest BCUT2D eigenvalue weighted by molar-refractivity contribution is 6.02. The van der Waals surface area contributed by atoms with E-state index in [9.17, 15) is 24.3 Å². The second-order valence-electron chi connectivity index (χ2n) is 19.8. The molecule has 0 aromatic rings. The van der Waals surface area contributed by atoms with Crippen LogP contribution in [0.15, 0.2) is 11.1 Å². The van der Waals surface area contributed by atoms with Crippen LogP contribution < -0.4 is 10.6 Å². The molecule has 0 spiro atoms. The van der Waals surface area contributed by atoms with Crippen LogP contribution >= 0.6 is 0 Å². The highest BCUT2D eigenvalue weighted by Crippen LogP contribution is 2.75. The van der Waals surface area contributed by atoms with Gasteiger partial charge >= 0.3 is 18.0 Å². The van der Waals surface area contributed by atoms with Crippen molar-refractivity contribution in [3.8, 4) is 0 Å². The Morgan fingerprint density at radius 3 is 2.10 bits per heavy atom. The van der Waals surface area contributed by atoms with Gasteiger partial charge in [-0.1, -0.05) is 48.5 Å². The van der Waals surface area contributed by atoms with Crippen LogP contribution in [0.2, 0.25) is 0 Å². The fourth-order valence-corrected chi connectivity index (χ4v) is 12.2. The number of hydrogen-bond donors (Lipinski definition) is 3. The van der Waals surface area contributed by atoms with Crippen molar-refractivity contribution in [2.24, 2.45) is 50.7 Å². The minimum absolute atomic E-state index is 0.0223. The summed E-state index contributed by atoms with van der Waals surface area (Å²) in [6.45, 7) is 25.4. The van der Waals surface area contributed by atoms with Crippen molar-refractivity contribution >= 4 is 23.8 Å². The lowest BCUT2D eigenvalue weighted by atomic mass is 9.33. The molecule has 5 rings (SSSR count). The third-order valence-corrected chi connectivity index (χ3v) is 14.7. The number of carbonyl (C=O) groups is 4. The van der Waals surface area contributed by atoms with E-state index < -0.39 is 22.9 Å². The summed E-state index contributed by atoms with van der Waals surface area (Å²) in [5.74, 6) is -0.0361. The number of carboxylic acids is 1. The van der Waals surface area contributed by atoms with Crippen LogP contribution in [0.4, 0.5) is 4.79 Å². The van der Waals surface area contributed by atoms with E-state index in [1.165, 1.54) is 5.57 Å². The predicted octanol–water partition coefficient (Wildman–Crippen LogP) is 8.23. The highest BCUT2D eigenvalue weighted by Gasteiger charge is 2.70. The molecule has 8 nitrogen and oxygen atoms in total. The summed E-state index contributed by atoms with van der Waals surface area (Å²) in [6, 6.07) is -0.194. The third kappa shape index (κ3) is 5.63. The number of hydrogen-bond acceptors (Lipinski definition) is 5. The summed E-state index contributed by atoms with van der Waals surface area (Å²) in [5, 5.41) is 16.1. The number of nitrogens with one attached hydrogen (secondary N) is 2. The molecule has 5 aliphatic rings. The fraction of sp³-hybridized carbons (Fsp3) is 0.850. The van der Waals surface area contributed by atoms with Gasteiger partial charge in [-0.3, -0.25) is 14.4 Å². The predicted molar refractivity (Wildman–Crippen MR) is 187 cm³/mol. The number of carbonyl (C=O) groups excluding carboxylic acids is 3. The molecular formula is C40H64N2O6. The van der Waals surface area contributed by atoms with Crippen LogP contribution in [0.25, 0.3) is 0 Å². The number of amides is 2. The Morgan fingerprint density at radius 1 is 0.875 bits per heavy atom. The second kappa shape index (κ2) is 11.6. The molecule has 8 heteroatoms. The molecule has 5 aliphatic carbocycles. The lowest BCUT2D eigenvalue weighted by molar-refractivity contribution is -0.232. The molecule has 3 unspecified atom stereocenters. The summed E-state index contributed by atoms with van der Waals surface area (Å²) in [4.78, 5) is 52.0. The van der Waals surface area contributed by atoms with Gasteiger partial charge in [0.25, 0.3) is 0 Å². The first-order valence-corrected chi connectivity index (χ1v) is 18.7. The molecule has 4 fully saturated rings. The molecule has 2 amide bonds. The van der Waals surface area contributed by atoms with E-state index in [0.29, 0.717) is 18.3 Å². The molecule has 0 aromatic carbocycles. The SMILES string of the molecule is CC(C)C1=C2C3CCC4[C@@]5(C)CC[C@H](OC(=O)CC(C)(C)C(=O)O)C(C)(C)C5CC[C@@]4(C)[C@]3(C)CC[C@@]2(NC(=O)NC(C)(C)C)CC1=O. The van der Waals surface area contributed by atoms with E-state index in [1.54, 1.807) is 13.8 Å². The normalized spacial score (nSPS) is 39.1. The summed E-state index contributed by atoms with van der Waals surface area (Å²) >= 11 is 0. The number of esters is 1. The molecular weight excluding hydrogens is 604 g/mol. The quantitative estimate of drug-likeness (QED) is 0.245. The van der Waals surface area contributed by atoms with E-state index in [1.807, 2.05) is 20.8 Å². The van der Waals surface area contributed by atoms with Crippen molar-refractivity contribution in [1.29, 1.82) is 0 Å². The number of rotatable bonds is 6. The molecule has 0 aliphatic heterocycles. The topological polar surface area (TPSA) is 122 Å². The average Bonchev–Trinajstić information content (AvgIpc) is 3.21. The van der Waals surface area contributed by atoms with Crippen molar-refractivity contribution in [2.75, 3.05) is 0 Å². The lowest BCUT2D eigenvalue weighted by Crippen LogP contribution is -2.67. The summed E-state index contributed by atoms with van der Waals surface area (Å²) in [6.07, 6.45) is 7.66. The van der Waals surface area contributed by atoms with Gasteiger partial charge in [0, 0.05) is 17.4 Å². The summed E-state index contributed by atoms with van der Waals surface area (Å²) in [7, 11) is 0. The highest BCUT2D eigenvalue weighted by atomic mass is 16.5. The van der Waals surface area contributed by atoms with Gasteiger partial charge in [0.15, 0.2) is 5.78 Å². The van der Waals surface area contributed by atoms with Gasteiger partial charge in [-0.15, -0.1) is 0 Å². The monoisotopic (exact) mass is 668 g/mol. The maximum Gasteiger partial charge on any atom is 0.315 e. The molecule has 0 saturated heterocycles. The Kier molecular flexibility index (Phi) is 8.90. The van der Waals surface area contributed by atoms with E-state index in [4.69, 9.17) is 4.74 Å². The summed E-state index contributed by atoms with van der Waals surface area (Å²) < 4.78 is 6.14. The molecule has 0 aromatic heterocycles. The Hall–Kier alpha value is -2.38. The Bertz CT molecular complexity index is 1400. The minimum Gasteiger partial charge on any atom is -0.481 e. The average molecular weight is 669 g/mol. The molecule has 0 heterocycles. The van der Waals surface area contributed by atoms with E-state index >= 15 is 0 Å². The zero-order chi connectivity index (χ0) is 36.0. The van der Waals surface area contributed by atoms with Crippen LogP contribution in [0.3, 0.4) is 0 Å². The Labute approximate surface area is 289 Å². The van der Waals surface area contributed by atoms with Crippen LogP contribution in [-0.4, -0.2) is 46.0 Å². The second-order valence-corrected chi connectivity index (χ2v) is 19.8. The standard InChI is InChI=1S/C40H64N2O6/c1-23(2)30-25(43)21-40(42-33(47)41-34(3,4)5)20-19-38(11)24(31(30)40)13-14-27-37(10)17-16-28(48-29(44)22-35(6,7)32(45)46)36(8,9)26(37)15-18-39(27,38)12/h23-24,26-28H,13-22H2,1-12H3,(H,45,46)(H2,41,42,47)/t24?,26?,27?,28-,37-,38+,39+,40+/m0/s1. The minimum atomic E-state index is -1.16. The van der Waals surface area contributed by atoms with Crippen molar-refractivity contribution in [1.82, 2.24) is 10.6 Å². The van der Waals surface area contributed by atoms with Gasteiger partial charge in [-0.2, -0.15) is 0 Å². The molecule has 3 N–H and O–H groups in total. The maximum atomic E-state index is 13.8. The Morgan fingerprint density at radius 2 is 1.52 bits per heavy atom. The molecule has 8 atom stereocenters. The largest absolute Gasteiger partial charge is 0.481 e. The third-order valence-electron chi connectivity index (χ3n) is 14.7. The van der Waals surface area contributed by atoms with Crippen LogP contribution in [0.5, 0.6) is 0 Å². The maximum absolute atomic E-state index is 13.8. The number of ether oxygens (including phenoxy) is 1. The number of ketones is 1. The van der Waals surface area contributed by atoms with Crippen LogP contribution in [0.1, 0.15) is 147 Å². The molecule has 0 bridgehead atoms. The molecule has 48 heavy (non-hydrogen) atoms. The number of fused-ring (bicyclic) bond motifs is 7. The first kappa shape index (κ1) is 36.9. The number of urea groups is 1. The zero-order valence-corrected chi connectivity index (χ0v) is 31.9. The number of Topliss-reactive ketones (excluding diaryl/α,β-unsaturated/α-hetero) is 1.